The van der Waals surface area contributed by atoms with Gasteiger partial charge in [0.1, 0.15) is 0 Å². The van der Waals surface area contributed by atoms with Crippen LogP contribution in [0, 0.1) is 0 Å². The highest BCUT2D eigenvalue weighted by Crippen LogP contribution is 2.36. The minimum absolute atomic E-state index is 0.197. The summed E-state index contributed by atoms with van der Waals surface area (Å²) >= 11 is 0. The first-order chi connectivity index (χ1) is 6.72. The Morgan fingerprint density at radius 2 is 2.00 bits per heavy atom. The van der Waals surface area contributed by atoms with Crippen LogP contribution in [-0.2, 0) is 12.8 Å². The zero-order valence-corrected chi connectivity index (χ0v) is 8.92. The summed E-state index contributed by atoms with van der Waals surface area (Å²) in [7, 11) is 0. The van der Waals surface area contributed by atoms with Gasteiger partial charge in [-0.3, -0.25) is 0 Å². The molecule has 1 saturated carbocycles. The monoisotopic (exact) mass is 189 g/mol. The molecule has 0 aliphatic heterocycles. The molecule has 2 N–H and O–H groups in total. The van der Waals surface area contributed by atoms with E-state index in [4.69, 9.17) is 5.73 Å². The summed E-state index contributed by atoms with van der Waals surface area (Å²) in [5, 5.41) is 0. The van der Waals surface area contributed by atoms with Crippen molar-refractivity contribution in [2.45, 2.75) is 44.6 Å². The van der Waals surface area contributed by atoms with Crippen LogP contribution in [0.4, 0.5) is 0 Å². The lowest BCUT2D eigenvalue weighted by atomic mass is 10.0. The smallest absolute Gasteiger partial charge is 0.0158 e. The van der Waals surface area contributed by atoms with Gasteiger partial charge in [0.05, 0.1) is 0 Å². The molecule has 1 aromatic rings. The zero-order valence-electron chi connectivity index (χ0n) is 8.92. The van der Waals surface area contributed by atoms with E-state index in [0.717, 1.165) is 19.3 Å². The normalized spacial score (nSPS) is 18.1. The molecule has 0 spiro atoms. The highest BCUT2D eigenvalue weighted by Gasteiger charge is 2.37. The van der Waals surface area contributed by atoms with Gasteiger partial charge in [-0.1, -0.05) is 31.2 Å². The molecule has 0 bridgehead atoms. The van der Waals surface area contributed by atoms with Gasteiger partial charge >= 0.3 is 0 Å². The first-order valence-corrected chi connectivity index (χ1v) is 5.58. The summed E-state index contributed by atoms with van der Waals surface area (Å²) in [6.45, 7) is 2.20. The fourth-order valence-corrected chi connectivity index (χ4v) is 1.81. The van der Waals surface area contributed by atoms with Crippen LogP contribution in [0.3, 0.4) is 0 Å². The van der Waals surface area contributed by atoms with Crippen molar-refractivity contribution in [3.05, 3.63) is 35.4 Å². The number of aryl methyl sites for hydroxylation is 2. The van der Waals surface area contributed by atoms with Crippen LogP contribution >= 0.6 is 0 Å². The second-order valence-electron chi connectivity index (χ2n) is 4.54. The fraction of sp³-hybridized carbons (Fsp3) is 0.538. The van der Waals surface area contributed by atoms with Gasteiger partial charge < -0.3 is 5.73 Å². The van der Waals surface area contributed by atoms with Gasteiger partial charge in [0.2, 0.25) is 0 Å². The van der Waals surface area contributed by atoms with Crippen LogP contribution in [0.2, 0.25) is 0 Å². The van der Waals surface area contributed by atoms with Crippen LogP contribution in [0.15, 0.2) is 24.3 Å². The summed E-state index contributed by atoms with van der Waals surface area (Å²) in [5.41, 5.74) is 9.14. The zero-order chi connectivity index (χ0) is 10.0. The van der Waals surface area contributed by atoms with Crippen molar-refractivity contribution < 1.29 is 0 Å². The van der Waals surface area contributed by atoms with Gasteiger partial charge in [-0.25, -0.2) is 0 Å². The Morgan fingerprint density at radius 1 is 1.29 bits per heavy atom. The summed E-state index contributed by atoms with van der Waals surface area (Å²) < 4.78 is 0. The predicted octanol–water partition coefficient (Wildman–Crippen LogP) is 2.67. The van der Waals surface area contributed by atoms with Gasteiger partial charge in [0.15, 0.2) is 0 Å². The SMILES string of the molecule is CCc1cccc(CCC2(N)CC2)c1. The van der Waals surface area contributed by atoms with E-state index in [1.807, 2.05) is 0 Å². The Kier molecular flexibility index (Phi) is 2.60. The highest BCUT2D eigenvalue weighted by atomic mass is 14.8. The molecular weight excluding hydrogens is 170 g/mol. The molecular formula is C13H19N. The lowest BCUT2D eigenvalue weighted by molar-refractivity contribution is 0.609. The van der Waals surface area contributed by atoms with Crippen LogP contribution in [0.25, 0.3) is 0 Å². The molecule has 1 nitrogen and oxygen atoms in total. The topological polar surface area (TPSA) is 26.0 Å². The Labute approximate surface area is 86.3 Å². The molecule has 0 saturated heterocycles. The fourth-order valence-electron chi connectivity index (χ4n) is 1.81. The van der Waals surface area contributed by atoms with E-state index in [2.05, 4.69) is 31.2 Å². The van der Waals surface area contributed by atoms with Crippen molar-refractivity contribution in [3.63, 3.8) is 0 Å². The van der Waals surface area contributed by atoms with Gasteiger partial charge in [0, 0.05) is 5.54 Å². The summed E-state index contributed by atoms with van der Waals surface area (Å²) in [5.74, 6) is 0. The first kappa shape index (κ1) is 9.72. The molecule has 0 heterocycles. The molecule has 14 heavy (non-hydrogen) atoms. The number of hydrogen-bond donors (Lipinski definition) is 1. The van der Waals surface area contributed by atoms with E-state index in [9.17, 15) is 0 Å². The van der Waals surface area contributed by atoms with Crippen LogP contribution in [-0.4, -0.2) is 5.54 Å². The molecule has 0 unspecified atom stereocenters. The van der Waals surface area contributed by atoms with Gasteiger partial charge in [-0.2, -0.15) is 0 Å². The third-order valence-electron chi connectivity index (χ3n) is 3.20. The molecule has 1 fully saturated rings. The van der Waals surface area contributed by atoms with E-state index in [0.29, 0.717) is 0 Å². The third kappa shape index (κ3) is 2.36. The summed E-state index contributed by atoms with van der Waals surface area (Å²) in [4.78, 5) is 0. The van der Waals surface area contributed by atoms with Crippen LogP contribution in [0.1, 0.15) is 37.3 Å². The van der Waals surface area contributed by atoms with Gasteiger partial charge in [-0.15, -0.1) is 0 Å². The molecule has 0 radical (unpaired) electrons. The quantitative estimate of drug-likeness (QED) is 0.774. The average molecular weight is 189 g/mol. The largest absolute Gasteiger partial charge is 0.325 e. The number of benzene rings is 1. The van der Waals surface area contributed by atoms with Crippen LogP contribution in [0.5, 0.6) is 0 Å². The van der Waals surface area contributed by atoms with Gasteiger partial charge in [-0.05, 0) is 43.2 Å². The summed E-state index contributed by atoms with van der Waals surface area (Å²) in [6.07, 6.45) is 5.87. The molecule has 1 aliphatic rings. The maximum absolute atomic E-state index is 6.06. The van der Waals surface area contributed by atoms with Gasteiger partial charge in [0.25, 0.3) is 0 Å². The second-order valence-corrected chi connectivity index (χ2v) is 4.54. The lowest BCUT2D eigenvalue weighted by Crippen LogP contribution is -2.22. The molecule has 1 aromatic carbocycles. The number of nitrogens with two attached hydrogens (primary N) is 1. The number of hydrogen-bond acceptors (Lipinski definition) is 1. The molecule has 76 valence electrons. The minimum Gasteiger partial charge on any atom is -0.325 e. The Hall–Kier alpha value is -0.820. The van der Waals surface area contributed by atoms with Crippen molar-refractivity contribution in [2.75, 3.05) is 0 Å². The van der Waals surface area contributed by atoms with E-state index >= 15 is 0 Å². The molecule has 0 atom stereocenters. The Balaban J connectivity index is 1.94. The number of rotatable bonds is 4. The molecule has 2 rings (SSSR count). The van der Waals surface area contributed by atoms with E-state index in [1.165, 1.54) is 24.0 Å². The van der Waals surface area contributed by atoms with Crippen molar-refractivity contribution in [3.8, 4) is 0 Å². The standard InChI is InChI=1S/C13H19N/c1-2-11-4-3-5-12(10-11)6-7-13(14)8-9-13/h3-5,10H,2,6-9,14H2,1H3. The first-order valence-electron chi connectivity index (χ1n) is 5.58. The van der Waals surface area contributed by atoms with Crippen molar-refractivity contribution in [2.24, 2.45) is 5.73 Å². The molecule has 1 aliphatic carbocycles. The molecule has 1 heteroatoms. The predicted molar refractivity (Wildman–Crippen MR) is 60.3 cm³/mol. The maximum Gasteiger partial charge on any atom is 0.0158 e. The van der Waals surface area contributed by atoms with Crippen molar-refractivity contribution in [1.82, 2.24) is 0 Å². The maximum atomic E-state index is 6.06. The highest BCUT2D eigenvalue weighted by molar-refractivity contribution is 5.24. The molecule has 0 amide bonds. The van der Waals surface area contributed by atoms with E-state index < -0.39 is 0 Å². The third-order valence-corrected chi connectivity index (χ3v) is 3.20. The molecule has 0 aromatic heterocycles. The minimum atomic E-state index is 0.197. The average Bonchev–Trinajstić information content (AvgIpc) is 2.95. The van der Waals surface area contributed by atoms with Crippen molar-refractivity contribution >= 4 is 0 Å². The van der Waals surface area contributed by atoms with E-state index in [-0.39, 0.29) is 5.54 Å². The van der Waals surface area contributed by atoms with Crippen molar-refractivity contribution in [1.29, 1.82) is 0 Å². The summed E-state index contributed by atoms with van der Waals surface area (Å²) in [6, 6.07) is 8.87. The second kappa shape index (κ2) is 3.74. The Morgan fingerprint density at radius 3 is 2.64 bits per heavy atom. The van der Waals surface area contributed by atoms with E-state index in [1.54, 1.807) is 0 Å². The Bertz CT molecular complexity index is 313. The lowest BCUT2D eigenvalue weighted by Gasteiger charge is -2.08. The van der Waals surface area contributed by atoms with Crippen LogP contribution < -0.4 is 5.73 Å².